The molecule has 0 radical (unpaired) electrons. The van der Waals surface area contributed by atoms with E-state index in [0.29, 0.717) is 6.42 Å². The van der Waals surface area contributed by atoms with Crippen LogP contribution in [0.4, 0.5) is 0 Å². The molecule has 0 unspecified atom stereocenters. The van der Waals surface area contributed by atoms with Crippen LogP contribution in [0.15, 0.2) is 23.8 Å². The van der Waals surface area contributed by atoms with Crippen molar-refractivity contribution in [1.82, 2.24) is 0 Å². The molecule has 0 spiro atoms. The van der Waals surface area contributed by atoms with Crippen molar-refractivity contribution in [3.8, 4) is 0 Å². The van der Waals surface area contributed by atoms with Gasteiger partial charge in [0.1, 0.15) is 0 Å². The van der Waals surface area contributed by atoms with Crippen LogP contribution in [0.3, 0.4) is 0 Å². The molecule has 0 aliphatic heterocycles. The molecule has 0 saturated carbocycles. The van der Waals surface area contributed by atoms with Gasteiger partial charge in [-0.3, -0.25) is 4.79 Å². The van der Waals surface area contributed by atoms with Crippen LogP contribution in [-0.4, -0.2) is 5.78 Å². The number of allylic oxidation sites excluding steroid dienone is 4. The van der Waals surface area contributed by atoms with Crippen molar-refractivity contribution in [2.24, 2.45) is 0 Å². The topological polar surface area (TPSA) is 17.1 Å². The van der Waals surface area contributed by atoms with E-state index in [1.54, 1.807) is 6.08 Å². The molecule has 62 valence electrons. The number of carbonyl (C=O) groups excluding carboxylic acids is 1. The van der Waals surface area contributed by atoms with Gasteiger partial charge in [-0.25, -0.2) is 0 Å². The Balaban J connectivity index is 3.92. The quantitative estimate of drug-likeness (QED) is 0.447. The SMILES string of the molecule is CC/C=C(C)\C=C\C(=O)CC. The molecule has 0 aromatic carbocycles. The minimum atomic E-state index is 0.189. The van der Waals surface area contributed by atoms with Gasteiger partial charge in [-0.15, -0.1) is 0 Å². The summed E-state index contributed by atoms with van der Waals surface area (Å²) in [6, 6.07) is 0. The van der Waals surface area contributed by atoms with E-state index >= 15 is 0 Å². The number of hydrogen-bond acceptors (Lipinski definition) is 1. The summed E-state index contributed by atoms with van der Waals surface area (Å²) in [6.45, 7) is 5.95. The van der Waals surface area contributed by atoms with Gasteiger partial charge < -0.3 is 0 Å². The zero-order valence-electron chi connectivity index (χ0n) is 7.55. The van der Waals surface area contributed by atoms with Gasteiger partial charge in [-0.2, -0.15) is 0 Å². The van der Waals surface area contributed by atoms with Crippen LogP contribution in [0.25, 0.3) is 0 Å². The maximum absolute atomic E-state index is 10.8. The summed E-state index contributed by atoms with van der Waals surface area (Å²) in [5.74, 6) is 0.189. The predicted octanol–water partition coefficient (Wildman–Crippen LogP) is 2.88. The highest BCUT2D eigenvalue weighted by atomic mass is 16.1. The molecule has 0 atom stereocenters. The van der Waals surface area contributed by atoms with E-state index in [1.165, 1.54) is 0 Å². The third kappa shape index (κ3) is 5.59. The Morgan fingerprint density at radius 3 is 2.36 bits per heavy atom. The summed E-state index contributed by atoms with van der Waals surface area (Å²) in [4.78, 5) is 10.8. The summed E-state index contributed by atoms with van der Waals surface area (Å²) >= 11 is 0. The fourth-order valence-corrected chi connectivity index (χ4v) is 0.732. The molecular formula is C10H16O. The highest BCUT2D eigenvalue weighted by molar-refractivity contribution is 5.89. The molecule has 0 aromatic rings. The van der Waals surface area contributed by atoms with Crippen LogP contribution in [0.2, 0.25) is 0 Å². The van der Waals surface area contributed by atoms with Crippen molar-refractivity contribution >= 4 is 5.78 Å². The second-order valence-corrected chi connectivity index (χ2v) is 2.51. The molecule has 1 heteroatoms. The van der Waals surface area contributed by atoms with Crippen LogP contribution in [0.1, 0.15) is 33.6 Å². The first-order chi connectivity index (χ1) is 5.20. The van der Waals surface area contributed by atoms with Gasteiger partial charge in [-0.05, 0) is 19.4 Å². The van der Waals surface area contributed by atoms with Crippen LogP contribution >= 0.6 is 0 Å². The van der Waals surface area contributed by atoms with Crippen LogP contribution in [-0.2, 0) is 4.79 Å². The number of ketones is 1. The lowest BCUT2D eigenvalue weighted by molar-refractivity contribution is -0.114. The molecule has 1 nitrogen and oxygen atoms in total. The molecule has 0 aliphatic carbocycles. The lowest BCUT2D eigenvalue weighted by Crippen LogP contribution is -1.86. The molecule has 11 heavy (non-hydrogen) atoms. The fraction of sp³-hybridized carbons (Fsp3) is 0.500. The average Bonchev–Trinajstić information content (AvgIpc) is 2.01. The largest absolute Gasteiger partial charge is 0.295 e. The standard InChI is InChI=1S/C10H16O/c1-4-6-9(3)7-8-10(11)5-2/h6-8H,4-5H2,1-3H3/b8-7+,9-6-. The molecule has 0 aromatic heterocycles. The number of carbonyl (C=O) groups is 1. The van der Waals surface area contributed by atoms with E-state index in [2.05, 4.69) is 13.0 Å². The molecule has 0 aliphatic rings. The van der Waals surface area contributed by atoms with Crippen molar-refractivity contribution in [2.75, 3.05) is 0 Å². The van der Waals surface area contributed by atoms with E-state index in [-0.39, 0.29) is 5.78 Å². The molecule has 0 amide bonds. The van der Waals surface area contributed by atoms with Gasteiger partial charge in [-0.1, -0.05) is 31.6 Å². The molecule has 0 rings (SSSR count). The van der Waals surface area contributed by atoms with Crippen molar-refractivity contribution in [3.05, 3.63) is 23.8 Å². The van der Waals surface area contributed by atoms with Crippen LogP contribution in [0, 0.1) is 0 Å². The van der Waals surface area contributed by atoms with E-state index in [0.717, 1.165) is 12.0 Å². The number of hydrogen-bond donors (Lipinski definition) is 0. The molecule has 0 fully saturated rings. The third-order valence-corrected chi connectivity index (χ3v) is 1.41. The maximum Gasteiger partial charge on any atom is 0.155 e. The van der Waals surface area contributed by atoms with E-state index in [9.17, 15) is 4.79 Å². The molecule has 0 bridgehead atoms. The van der Waals surface area contributed by atoms with Gasteiger partial charge in [0.2, 0.25) is 0 Å². The van der Waals surface area contributed by atoms with Crippen molar-refractivity contribution < 1.29 is 4.79 Å². The Hall–Kier alpha value is -0.850. The fourth-order valence-electron chi connectivity index (χ4n) is 0.732. The first-order valence-electron chi connectivity index (χ1n) is 4.08. The predicted molar refractivity (Wildman–Crippen MR) is 48.5 cm³/mol. The minimum Gasteiger partial charge on any atom is -0.295 e. The second-order valence-electron chi connectivity index (χ2n) is 2.51. The Bertz CT molecular complexity index is 175. The Morgan fingerprint density at radius 2 is 1.91 bits per heavy atom. The lowest BCUT2D eigenvalue weighted by Gasteiger charge is -1.88. The minimum absolute atomic E-state index is 0.189. The average molecular weight is 152 g/mol. The number of rotatable bonds is 4. The zero-order chi connectivity index (χ0) is 8.69. The van der Waals surface area contributed by atoms with Crippen LogP contribution < -0.4 is 0 Å². The first kappa shape index (κ1) is 10.2. The van der Waals surface area contributed by atoms with Gasteiger partial charge in [0, 0.05) is 6.42 Å². The Morgan fingerprint density at radius 1 is 1.27 bits per heavy atom. The summed E-state index contributed by atoms with van der Waals surface area (Å²) < 4.78 is 0. The highest BCUT2D eigenvalue weighted by Gasteiger charge is 1.88. The van der Waals surface area contributed by atoms with E-state index < -0.39 is 0 Å². The highest BCUT2D eigenvalue weighted by Crippen LogP contribution is 1.97. The van der Waals surface area contributed by atoms with Crippen molar-refractivity contribution in [1.29, 1.82) is 0 Å². The van der Waals surface area contributed by atoms with Gasteiger partial charge in [0.05, 0.1) is 0 Å². The molecule has 0 N–H and O–H groups in total. The van der Waals surface area contributed by atoms with E-state index in [1.807, 2.05) is 19.9 Å². The first-order valence-corrected chi connectivity index (χ1v) is 4.08. The zero-order valence-corrected chi connectivity index (χ0v) is 7.55. The normalized spacial score (nSPS) is 12.5. The Labute approximate surface area is 68.8 Å². The van der Waals surface area contributed by atoms with Crippen molar-refractivity contribution in [2.45, 2.75) is 33.6 Å². The summed E-state index contributed by atoms with van der Waals surface area (Å²) in [5, 5.41) is 0. The second kappa shape index (κ2) is 5.90. The smallest absolute Gasteiger partial charge is 0.155 e. The summed E-state index contributed by atoms with van der Waals surface area (Å²) in [7, 11) is 0. The van der Waals surface area contributed by atoms with Crippen LogP contribution in [0.5, 0.6) is 0 Å². The monoisotopic (exact) mass is 152 g/mol. The summed E-state index contributed by atoms with van der Waals surface area (Å²) in [5.41, 5.74) is 1.16. The maximum atomic E-state index is 10.8. The van der Waals surface area contributed by atoms with Gasteiger partial charge >= 0.3 is 0 Å². The van der Waals surface area contributed by atoms with Gasteiger partial charge in [0.25, 0.3) is 0 Å². The van der Waals surface area contributed by atoms with Crippen molar-refractivity contribution in [3.63, 3.8) is 0 Å². The van der Waals surface area contributed by atoms with Gasteiger partial charge in [0.15, 0.2) is 5.78 Å². The molecular weight excluding hydrogens is 136 g/mol. The molecule has 0 saturated heterocycles. The molecule has 0 heterocycles. The summed E-state index contributed by atoms with van der Waals surface area (Å²) in [6.07, 6.45) is 7.22. The lowest BCUT2D eigenvalue weighted by atomic mass is 10.2. The Kier molecular flexibility index (Phi) is 5.44. The third-order valence-electron chi connectivity index (χ3n) is 1.41. The van der Waals surface area contributed by atoms with E-state index in [4.69, 9.17) is 0 Å².